The number of halogens is 2. The molecule has 0 radical (unpaired) electrons. The average Bonchev–Trinajstić information content (AvgIpc) is 3.51. The molecular weight excluding hydrogens is 512 g/mol. The number of fused-ring (bicyclic) bond motifs is 2. The Hall–Kier alpha value is -3.86. The highest BCUT2D eigenvalue weighted by molar-refractivity contribution is 6.02. The van der Waals surface area contributed by atoms with Crippen molar-refractivity contribution in [2.45, 2.75) is 63.4 Å². The molecule has 11 heteroatoms. The number of hydrogen-bond donors (Lipinski definition) is 3. The number of aliphatic hydroxyl groups excluding tert-OH is 1. The van der Waals surface area contributed by atoms with Crippen LogP contribution in [0.15, 0.2) is 42.5 Å². The van der Waals surface area contributed by atoms with Crippen LogP contribution in [0.3, 0.4) is 0 Å². The highest BCUT2D eigenvalue weighted by Crippen LogP contribution is 2.52. The molecule has 2 aliphatic rings. The van der Waals surface area contributed by atoms with E-state index in [2.05, 4.69) is 40.9 Å². The van der Waals surface area contributed by atoms with Crippen molar-refractivity contribution in [3.63, 3.8) is 0 Å². The van der Waals surface area contributed by atoms with Gasteiger partial charge >= 0.3 is 12.4 Å². The Morgan fingerprint density at radius 1 is 1.10 bits per heavy atom. The number of amides is 2. The van der Waals surface area contributed by atoms with Crippen molar-refractivity contribution in [1.29, 1.82) is 0 Å². The van der Waals surface area contributed by atoms with Gasteiger partial charge < -0.3 is 34.5 Å². The number of nitrogens with one attached hydrogen (secondary N) is 2. The second-order valence-corrected chi connectivity index (χ2v) is 11.0. The quantitative estimate of drug-likeness (QED) is 0.400. The van der Waals surface area contributed by atoms with Gasteiger partial charge in [-0.25, -0.2) is 4.79 Å². The van der Waals surface area contributed by atoms with E-state index < -0.39 is 23.9 Å². The van der Waals surface area contributed by atoms with Crippen LogP contribution in [0.25, 0.3) is 10.9 Å². The first-order valence-corrected chi connectivity index (χ1v) is 12.7. The van der Waals surface area contributed by atoms with Crippen LogP contribution in [0, 0.1) is 0 Å². The third-order valence-corrected chi connectivity index (χ3v) is 7.07. The number of nitrogens with zero attached hydrogens (tertiary/aromatic N) is 1. The van der Waals surface area contributed by atoms with Crippen molar-refractivity contribution in [2.24, 2.45) is 0 Å². The van der Waals surface area contributed by atoms with E-state index in [1.807, 2.05) is 22.8 Å². The monoisotopic (exact) mass is 543 g/mol. The van der Waals surface area contributed by atoms with Crippen LogP contribution in [0.2, 0.25) is 0 Å². The maximum Gasteiger partial charge on any atom is 0.586 e. The second kappa shape index (κ2) is 9.41. The number of ether oxygens (including phenoxy) is 3. The van der Waals surface area contributed by atoms with Crippen LogP contribution in [0.1, 0.15) is 44.9 Å². The molecule has 2 aromatic carbocycles. The summed E-state index contributed by atoms with van der Waals surface area (Å²) in [6.07, 6.45) is -4.09. The van der Waals surface area contributed by atoms with Gasteiger partial charge in [0.15, 0.2) is 11.5 Å². The van der Waals surface area contributed by atoms with Gasteiger partial charge in [0.2, 0.25) is 5.91 Å². The molecule has 1 atom stereocenters. The molecule has 9 nitrogen and oxygen atoms in total. The zero-order chi connectivity index (χ0) is 28.2. The zero-order valence-corrected chi connectivity index (χ0v) is 22.1. The molecule has 0 saturated heterocycles. The first kappa shape index (κ1) is 26.7. The summed E-state index contributed by atoms with van der Waals surface area (Å²) in [5, 5.41) is 16.7. The molecule has 1 fully saturated rings. The van der Waals surface area contributed by atoms with Gasteiger partial charge in [0, 0.05) is 34.7 Å². The number of aliphatic hydroxyl groups is 1. The minimum Gasteiger partial charge on any atom is -0.447 e. The summed E-state index contributed by atoms with van der Waals surface area (Å²) in [7, 11) is 1.45. The number of benzene rings is 2. The van der Waals surface area contributed by atoms with Gasteiger partial charge in [-0.1, -0.05) is 26.8 Å². The molecule has 1 aliphatic carbocycles. The van der Waals surface area contributed by atoms with E-state index in [0.717, 1.165) is 16.6 Å². The molecule has 5 rings (SSSR count). The molecule has 39 heavy (non-hydrogen) atoms. The number of hydrogen-bond acceptors (Lipinski definition) is 6. The van der Waals surface area contributed by atoms with Gasteiger partial charge in [0.25, 0.3) is 0 Å². The van der Waals surface area contributed by atoms with E-state index in [1.54, 1.807) is 12.1 Å². The Balaban J connectivity index is 1.37. The zero-order valence-electron chi connectivity index (χ0n) is 22.1. The van der Waals surface area contributed by atoms with Gasteiger partial charge in [-0.15, -0.1) is 8.78 Å². The summed E-state index contributed by atoms with van der Waals surface area (Å²) in [5.74, 6) is -0.378. The SMILES string of the molecule is CNC(=O)OC[C@@H](O)Cn1c(C(C)(C)C)cc2cc(NC(=O)C3(c4ccc5c(c4)OC(F)(F)O5)CC3)ccc21. The number of carbonyl (C=O) groups is 2. The maximum absolute atomic E-state index is 13.5. The molecular formula is C28H31F2N3O6. The van der Waals surface area contributed by atoms with Crippen LogP contribution < -0.4 is 20.1 Å². The first-order chi connectivity index (χ1) is 18.3. The fourth-order valence-electron chi connectivity index (χ4n) is 4.94. The van der Waals surface area contributed by atoms with Crippen LogP contribution >= 0.6 is 0 Å². The van der Waals surface area contributed by atoms with Crippen LogP contribution in [0.4, 0.5) is 19.3 Å². The number of alkyl halides is 2. The topological polar surface area (TPSA) is 111 Å². The molecule has 3 N–H and O–H groups in total. The van der Waals surface area contributed by atoms with Crippen molar-refractivity contribution >= 4 is 28.6 Å². The lowest BCUT2D eigenvalue weighted by Crippen LogP contribution is -2.29. The van der Waals surface area contributed by atoms with Crippen LogP contribution in [-0.4, -0.2) is 47.7 Å². The van der Waals surface area contributed by atoms with Crippen molar-refractivity contribution in [3.8, 4) is 11.5 Å². The van der Waals surface area contributed by atoms with E-state index in [0.29, 0.717) is 24.1 Å². The average molecular weight is 544 g/mol. The summed E-state index contributed by atoms with van der Waals surface area (Å²) in [6.45, 7) is 6.24. The van der Waals surface area contributed by atoms with Crippen molar-refractivity contribution < 1.29 is 37.7 Å². The normalized spacial score (nSPS) is 17.5. The van der Waals surface area contributed by atoms with Gasteiger partial charge in [-0.3, -0.25) is 4.79 Å². The Labute approximate surface area is 224 Å². The molecule has 3 aromatic rings. The fraction of sp³-hybridized carbons (Fsp3) is 0.429. The molecule has 1 aliphatic heterocycles. The third kappa shape index (κ3) is 5.23. The lowest BCUT2D eigenvalue weighted by molar-refractivity contribution is -0.286. The number of carbonyl (C=O) groups excluding carboxylic acids is 2. The third-order valence-electron chi connectivity index (χ3n) is 7.07. The molecule has 0 bridgehead atoms. The standard InChI is InChI=1S/C28H31F2N3O6/c1-26(2,3)23-12-16-11-18(6-7-20(16)33(23)14-19(34)15-37-25(36)31-4)32-24(35)27(9-10-27)17-5-8-21-22(13-17)39-28(29,30)38-21/h5-8,11-13,19,34H,9-10,14-15H2,1-4H3,(H,31,36)(H,32,35)/t19-/m0/s1. The first-order valence-electron chi connectivity index (χ1n) is 12.7. The molecule has 1 saturated carbocycles. The largest absolute Gasteiger partial charge is 0.586 e. The Bertz CT molecular complexity index is 1440. The second-order valence-electron chi connectivity index (χ2n) is 11.0. The van der Waals surface area contributed by atoms with E-state index in [4.69, 9.17) is 4.74 Å². The highest BCUT2D eigenvalue weighted by atomic mass is 19.3. The smallest absolute Gasteiger partial charge is 0.447 e. The predicted octanol–water partition coefficient (Wildman–Crippen LogP) is 4.65. The predicted molar refractivity (Wildman–Crippen MR) is 139 cm³/mol. The number of anilines is 1. The Morgan fingerprint density at radius 3 is 2.49 bits per heavy atom. The highest BCUT2D eigenvalue weighted by Gasteiger charge is 2.52. The molecule has 0 unspecified atom stereocenters. The number of rotatable bonds is 7. The lowest BCUT2D eigenvalue weighted by atomic mass is 9.92. The van der Waals surface area contributed by atoms with Gasteiger partial charge in [0.1, 0.15) is 12.7 Å². The molecule has 2 amide bonds. The van der Waals surface area contributed by atoms with Crippen LogP contribution in [-0.2, 0) is 26.9 Å². The lowest BCUT2D eigenvalue weighted by Gasteiger charge is -2.23. The summed E-state index contributed by atoms with van der Waals surface area (Å²) >= 11 is 0. The van der Waals surface area contributed by atoms with Gasteiger partial charge in [-0.05, 0) is 54.8 Å². The summed E-state index contributed by atoms with van der Waals surface area (Å²) in [6, 6.07) is 12.0. The minimum absolute atomic E-state index is 0.0603. The molecule has 2 heterocycles. The molecule has 1 aromatic heterocycles. The van der Waals surface area contributed by atoms with Gasteiger partial charge in [0.05, 0.1) is 12.0 Å². The minimum atomic E-state index is -3.72. The van der Waals surface area contributed by atoms with E-state index in [1.165, 1.54) is 19.2 Å². The van der Waals surface area contributed by atoms with E-state index in [-0.39, 0.29) is 36.0 Å². The fourth-order valence-corrected chi connectivity index (χ4v) is 4.94. The van der Waals surface area contributed by atoms with Crippen molar-refractivity contribution in [1.82, 2.24) is 9.88 Å². The molecule has 208 valence electrons. The maximum atomic E-state index is 13.5. The van der Waals surface area contributed by atoms with E-state index >= 15 is 0 Å². The van der Waals surface area contributed by atoms with Crippen LogP contribution in [0.5, 0.6) is 11.5 Å². The Morgan fingerprint density at radius 2 is 1.82 bits per heavy atom. The van der Waals surface area contributed by atoms with Crippen molar-refractivity contribution in [3.05, 3.63) is 53.7 Å². The number of aromatic nitrogens is 1. The summed E-state index contributed by atoms with van der Waals surface area (Å²) in [4.78, 5) is 24.8. The molecule has 0 spiro atoms. The van der Waals surface area contributed by atoms with E-state index in [9.17, 15) is 23.5 Å². The van der Waals surface area contributed by atoms with Crippen molar-refractivity contribution in [2.75, 3.05) is 19.0 Å². The summed E-state index contributed by atoms with van der Waals surface area (Å²) in [5.41, 5.74) is 1.92. The summed E-state index contributed by atoms with van der Waals surface area (Å²) < 4.78 is 42.9. The van der Waals surface area contributed by atoms with Gasteiger partial charge in [-0.2, -0.15) is 0 Å². The Kier molecular flexibility index (Phi) is 6.45. The number of alkyl carbamates (subject to hydrolysis) is 1.